The van der Waals surface area contributed by atoms with Gasteiger partial charge in [-0.3, -0.25) is 4.99 Å². The average Bonchev–Trinajstić information content (AvgIpc) is 2.25. The van der Waals surface area contributed by atoms with Crippen molar-refractivity contribution in [1.29, 1.82) is 0 Å². The Morgan fingerprint density at radius 1 is 1.44 bits per heavy atom. The molecule has 0 radical (unpaired) electrons. The van der Waals surface area contributed by atoms with E-state index in [1.165, 1.54) is 12.2 Å². The molecule has 1 heterocycles. The van der Waals surface area contributed by atoms with Crippen LogP contribution in [0.3, 0.4) is 0 Å². The highest BCUT2D eigenvalue weighted by atomic mass is 32.2. The summed E-state index contributed by atoms with van der Waals surface area (Å²) in [6.07, 6.45) is 2.39. The van der Waals surface area contributed by atoms with Crippen LogP contribution >= 0.6 is 11.8 Å². The van der Waals surface area contributed by atoms with E-state index in [-0.39, 0.29) is 11.0 Å². The van der Waals surface area contributed by atoms with Crippen LogP contribution in [-0.4, -0.2) is 48.5 Å². The quantitative estimate of drug-likeness (QED) is 0.833. The normalized spacial score (nSPS) is 27.6. The van der Waals surface area contributed by atoms with Gasteiger partial charge in [0.1, 0.15) is 0 Å². The summed E-state index contributed by atoms with van der Waals surface area (Å²) in [5.41, 5.74) is 0.481. The number of nitrogens with one attached hydrogen (secondary N) is 1. The molecule has 0 aliphatic carbocycles. The first kappa shape index (κ1) is 15.8. The zero-order valence-electron chi connectivity index (χ0n) is 12.8. The topological polar surface area (TPSA) is 27.6 Å². The fraction of sp³-hybridized carbons (Fsp3) is 0.929. The second-order valence-corrected chi connectivity index (χ2v) is 7.74. The first-order valence-electron chi connectivity index (χ1n) is 6.86. The lowest BCUT2D eigenvalue weighted by atomic mass is 9.93. The van der Waals surface area contributed by atoms with E-state index in [4.69, 9.17) is 4.99 Å². The summed E-state index contributed by atoms with van der Waals surface area (Å²) >= 11 is 1.87. The largest absolute Gasteiger partial charge is 0.360 e. The summed E-state index contributed by atoms with van der Waals surface area (Å²) < 4.78 is 0. The van der Waals surface area contributed by atoms with Gasteiger partial charge in [-0.25, -0.2) is 0 Å². The molecule has 18 heavy (non-hydrogen) atoms. The molecule has 3 nitrogen and oxygen atoms in total. The second kappa shape index (κ2) is 6.29. The molecule has 0 aromatic carbocycles. The van der Waals surface area contributed by atoms with Crippen molar-refractivity contribution in [3.05, 3.63) is 0 Å². The minimum Gasteiger partial charge on any atom is -0.360 e. The van der Waals surface area contributed by atoms with Crippen molar-refractivity contribution < 1.29 is 0 Å². The van der Waals surface area contributed by atoms with Gasteiger partial charge in [-0.1, -0.05) is 32.5 Å². The third-order valence-electron chi connectivity index (χ3n) is 3.48. The maximum absolute atomic E-state index is 4.79. The van der Waals surface area contributed by atoms with E-state index in [0.717, 1.165) is 24.7 Å². The van der Waals surface area contributed by atoms with E-state index in [0.29, 0.717) is 0 Å². The molecule has 0 saturated carbocycles. The Morgan fingerprint density at radius 2 is 2.11 bits per heavy atom. The number of amidine groups is 1. The second-order valence-electron chi connectivity index (χ2n) is 6.66. The Labute approximate surface area is 117 Å². The predicted octanol–water partition coefficient (Wildman–Crippen LogP) is 2.83. The Morgan fingerprint density at radius 3 is 2.67 bits per heavy atom. The lowest BCUT2D eigenvalue weighted by Gasteiger charge is -2.35. The van der Waals surface area contributed by atoms with Crippen LogP contribution in [0.2, 0.25) is 0 Å². The monoisotopic (exact) mass is 271 g/mol. The van der Waals surface area contributed by atoms with Crippen LogP contribution in [0.15, 0.2) is 4.99 Å². The SMILES string of the molecule is CCC1(C)CCSC(=NCC(C)(C)CN(C)C)N1. The van der Waals surface area contributed by atoms with Gasteiger partial charge in [0.05, 0.1) is 0 Å². The van der Waals surface area contributed by atoms with Crippen LogP contribution < -0.4 is 5.32 Å². The van der Waals surface area contributed by atoms with E-state index in [9.17, 15) is 0 Å². The van der Waals surface area contributed by atoms with Crippen LogP contribution in [-0.2, 0) is 0 Å². The van der Waals surface area contributed by atoms with Gasteiger partial charge >= 0.3 is 0 Å². The first-order chi connectivity index (χ1) is 8.26. The molecule has 4 heteroatoms. The molecule has 0 amide bonds. The van der Waals surface area contributed by atoms with Crippen LogP contribution in [0.5, 0.6) is 0 Å². The van der Waals surface area contributed by atoms with Crippen molar-refractivity contribution in [2.45, 2.75) is 46.1 Å². The summed E-state index contributed by atoms with van der Waals surface area (Å²) in [5.74, 6) is 1.18. The molecular weight excluding hydrogens is 242 g/mol. The number of hydrogen-bond acceptors (Lipinski definition) is 3. The summed E-state index contributed by atoms with van der Waals surface area (Å²) in [4.78, 5) is 7.03. The Bertz CT molecular complexity index is 299. The van der Waals surface area contributed by atoms with Crippen molar-refractivity contribution >= 4 is 16.9 Å². The van der Waals surface area contributed by atoms with Gasteiger partial charge < -0.3 is 10.2 Å². The summed E-state index contributed by atoms with van der Waals surface area (Å²) in [5, 5.41) is 4.74. The van der Waals surface area contributed by atoms with E-state index >= 15 is 0 Å². The van der Waals surface area contributed by atoms with E-state index in [1.807, 2.05) is 11.8 Å². The minimum atomic E-state index is 0.235. The molecule has 1 unspecified atom stereocenters. The van der Waals surface area contributed by atoms with Gasteiger partial charge in [-0.15, -0.1) is 0 Å². The molecule has 1 aliphatic heterocycles. The van der Waals surface area contributed by atoms with Crippen molar-refractivity contribution in [3.63, 3.8) is 0 Å². The predicted molar refractivity (Wildman–Crippen MR) is 83.5 cm³/mol. The zero-order chi connectivity index (χ0) is 13.8. The van der Waals surface area contributed by atoms with Crippen LogP contribution in [0.1, 0.15) is 40.5 Å². The first-order valence-corrected chi connectivity index (χ1v) is 7.85. The molecule has 0 bridgehead atoms. The zero-order valence-corrected chi connectivity index (χ0v) is 13.7. The molecule has 1 saturated heterocycles. The van der Waals surface area contributed by atoms with Gasteiger partial charge in [0, 0.05) is 24.4 Å². The fourth-order valence-corrected chi connectivity index (χ4v) is 3.49. The van der Waals surface area contributed by atoms with Crippen molar-refractivity contribution in [3.8, 4) is 0 Å². The molecule has 0 aromatic rings. The van der Waals surface area contributed by atoms with Crippen molar-refractivity contribution in [2.75, 3.05) is 32.9 Å². The van der Waals surface area contributed by atoms with Crippen molar-refractivity contribution in [2.24, 2.45) is 10.4 Å². The van der Waals surface area contributed by atoms with Gasteiger partial charge in [0.15, 0.2) is 5.17 Å². The molecule has 0 spiro atoms. The molecule has 1 fully saturated rings. The number of thioether (sulfide) groups is 1. The Hall–Kier alpha value is -0.220. The summed E-state index contributed by atoms with van der Waals surface area (Å²) in [7, 11) is 4.24. The lowest BCUT2D eigenvalue weighted by molar-refractivity contribution is 0.248. The molecule has 1 aliphatic rings. The third kappa shape index (κ3) is 5.19. The van der Waals surface area contributed by atoms with Gasteiger partial charge in [-0.05, 0) is 39.3 Å². The third-order valence-corrected chi connectivity index (χ3v) is 4.39. The Kier molecular flexibility index (Phi) is 5.53. The summed E-state index contributed by atoms with van der Waals surface area (Å²) in [6, 6.07) is 0. The highest BCUT2D eigenvalue weighted by Gasteiger charge is 2.28. The minimum absolute atomic E-state index is 0.235. The van der Waals surface area contributed by atoms with Crippen molar-refractivity contribution in [1.82, 2.24) is 10.2 Å². The van der Waals surface area contributed by atoms with Crippen LogP contribution in [0, 0.1) is 5.41 Å². The maximum Gasteiger partial charge on any atom is 0.156 e. The molecule has 1 N–H and O–H groups in total. The van der Waals surface area contributed by atoms with Crippen LogP contribution in [0.25, 0.3) is 0 Å². The molecule has 0 aromatic heterocycles. The lowest BCUT2D eigenvalue weighted by Crippen LogP contribution is -2.48. The van der Waals surface area contributed by atoms with Gasteiger partial charge in [0.25, 0.3) is 0 Å². The molecule has 106 valence electrons. The number of rotatable bonds is 5. The average molecular weight is 271 g/mol. The van der Waals surface area contributed by atoms with E-state index in [1.54, 1.807) is 0 Å². The number of nitrogens with zero attached hydrogens (tertiary/aromatic N) is 2. The number of hydrogen-bond donors (Lipinski definition) is 1. The Balaban J connectivity index is 2.56. The highest BCUT2D eigenvalue weighted by Crippen LogP contribution is 2.25. The van der Waals surface area contributed by atoms with Crippen LogP contribution in [0.4, 0.5) is 0 Å². The van der Waals surface area contributed by atoms with Gasteiger partial charge in [0.2, 0.25) is 0 Å². The standard InChI is InChI=1S/C14H29N3S/c1-7-14(4)8-9-18-12(16-14)15-10-13(2,3)11-17(5)6/h7-11H2,1-6H3,(H,15,16). The molecule has 1 rings (SSSR count). The molecular formula is C14H29N3S. The highest BCUT2D eigenvalue weighted by molar-refractivity contribution is 8.13. The van der Waals surface area contributed by atoms with E-state index < -0.39 is 0 Å². The maximum atomic E-state index is 4.79. The van der Waals surface area contributed by atoms with Gasteiger partial charge in [-0.2, -0.15) is 0 Å². The number of aliphatic imine (C=N–C) groups is 1. The smallest absolute Gasteiger partial charge is 0.156 e. The fourth-order valence-electron chi connectivity index (χ4n) is 2.27. The molecule has 1 atom stereocenters. The summed E-state index contributed by atoms with van der Waals surface area (Å²) in [6.45, 7) is 11.1. The van der Waals surface area contributed by atoms with E-state index in [2.05, 4.69) is 52.0 Å².